The first-order valence-electron chi connectivity index (χ1n) is 10.5. The van der Waals surface area contributed by atoms with Gasteiger partial charge in [0.15, 0.2) is 5.78 Å². The molecule has 0 bridgehead atoms. The van der Waals surface area contributed by atoms with Crippen LogP contribution < -0.4 is 15.6 Å². The molecule has 1 aliphatic rings. The van der Waals surface area contributed by atoms with Crippen LogP contribution in [0.4, 0.5) is 0 Å². The van der Waals surface area contributed by atoms with Gasteiger partial charge >= 0.3 is 0 Å². The Labute approximate surface area is 203 Å². The van der Waals surface area contributed by atoms with Gasteiger partial charge in [-0.05, 0) is 37.5 Å². The predicted molar refractivity (Wildman–Crippen MR) is 127 cm³/mol. The van der Waals surface area contributed by atoms with E-state index >= 15 is 0 Å². The Bertz CT molecular complexity index is 1150. The normalized spacial score (nSPS) is 17.5. The number of quaternary nitrogens is 1. The highest BCUT2D eigenvalue weighted by atomic mass is 35.5. The number of halogens is 2. The van der Waals surface area contributed by atoms with Gasteiger partial charge in [-0.3, -0.25) is 4.79 Å². The van der Waals surface area contributed by atoms with Crippen molar-refractivity contribution >= 4 is 35.0 Å². The summed E-state index contributed by atoms with van der Waals surface area (Å²) in [5.41, 5.74) is 6.41. The number of rotatable bonds is 5. The molecule has 0 saturated heterocycles. The molecule has 0 amide bonds. The maximum absolute atomic E-state index is 13.0. The molecule has 7 heteroatoms. The van der Waals surface area contributed by atoms with Crippen molar-refractivity contribution in [3.05, 3.63) is 99.0 Å². The molecule has 0 radical (unpaired) electrons. The summed E-state index contributed by atoms with van der Waals surface area (Å²) >= 11 is 12.4. The molecule has 1 unspecified atom stereocenters. The second-order valence-electron chi connectivity index (χ2n) is 8.21. The van der Waals surface area contributed by atoms with Gasteiger partial charge in [0, 0.05) is 11.1 Å². The van der Waals surface area contributed by atoms with Crippen molar-refractivity contribution < 1.29 is 25.2 Å². The van der Waals surface area contributed by atoms with Crippen LogP contribution in [0.1, 0.15) is 46.9 Å². The summed E-state index contributed by atoms with van der Waals surface area (Å²) in [5, 5.41) is 10.7. The highest BCUT2D eigenvalue weighted by Gasteiger charge is 2.45. The molecular weight excluding hydrogens is 461 g/mol. The number of aliphatic carboxylic acids is 1. The fourth-order valence-corrected chi connectivity index (χ4v) is 4.34. The summed E-state index contributed by atoms with van der Waals surface area (Å²) in [6.07, 6.45) is 0.434. The zero-order valence-corrected chi connectivity index (χ0v) is 20.0. The van der Waals surface area contributed by atoms with Crippen LogP contribution in [-0.4, -0.2) is 18.4 Å². The van der Waals surface area contributed by atoms with E-state index in [2.05, 4.69) is 24.8 Å². The predicted octanol–water partition coefficient (Wildman–Crippen LogP) is 3.81. The zero-order chi connectivity index (χ0) is 24.2. The highest BCUT2D eigenvalue weighted by Crippen LogP contribution is 2.47. The zero-order valence-electron chi connectivity index (χ0n) is 18.4. The minimum atomic E-state index is -1.37. The lowest BCUT2D eigenvalue weighted by atomic mass is 9.79. The topological polar surface area (TPSA) is 94.1 Å². The molecule has 0 fully saturated rings. The number of hydrogen-bond donors (Lipinski definition) is 1. The van der Waals surface area contributed by atoms with E-state index in [4.69, 9.17) is 27.9 Å². The minimum absolute atomic E-state index is 0.0299. The van der Waals surface area contributed by atoms with Gasteiger partial charge in [-0.15, -0.1) is 0 Å². The number of ether oxygens (including phenoxy) is 1. The van der Waals surface area contributed by atoms with Gasteiger partial charge in [-0.25, -0.2) is 0 Å². The van der Waals surface area contributed by atoms with Crippen molar-refractivity contribution in [2.45, 2.75) is 31.7 Å². The summed E-state index contributed by atoms with van der Waals surface area (Å²) in [6.45, 7) is 3.31. The Balaban J connectivity index is 0.000000286. The van der Waals surface area contributed by atoms with E-state index in [0.29, 0.717) is 23.6 Å². The van der Waals surface area contributed by atoms with Crippen LogP contribution >= 0.6 is 23.2 Å². The van der Waals surface area contributed by atoms with E-state index in [0.717, 1.165) is 5.56 Å². The van der Waals surface area contributed by atoms with Gasteiger partial charge < -0.3 is 20.4 Å². The number of carbonyl (C=O) groups is 2. The Morgan fingerprint density at radius 2 is 1.67 bits per heavy atom. The van der Waals surface area contributed by atoms with Gasteiger partial charge in [0.2, 0.25) is 0 Å². The number of ketones is 1. The first-order chi connectivity index (χ1) is 15.6. The molecule has 3 aromatic carbocycles. The molecule has 0 aromatic heterocycles. The Morgan fingerprint density at radius 1 is 1.09 bits per heavy atom. The van der Waals surface area contributed by atoms with Crippen molar-refractivity contribution in [1.82, 2.24) is 0 Å². The lowest BCUT2D eigenvalue weighted by Crippen LogP contribution is -2.51. The van der Waals surface area contributed by atoms with Gasteiger partial charge in [-0.2, -0.15) is 0 Å². The molecule has 5 nitrogen and oxygen atoms in total. The molecule has 0 saturated carbocycles. The van der Waals surface area contributed by atoms with Crippen molar-refractivity contribution in [2.75, 3.05) is 6.61 Å². The van der Waals surface area contributed by atoms with Crippen LogP contribution in [0.2, 0.25) is 10.0 Å². The summed E-state index contributed by atoms with van der Waals surface area (Å²) in [7, 11) is 0. The van der Waals surface area contributed by atoms with E-state index in [1.54, 1.807) is 6.07 Å². The number of carboxylic acids is 1. The fourth-order valence-electron chi connectivity index (χ4n) is 3.84. The summed E-state index contributed by atoms with van der Waals surface area (Å²) in [6, 6.07) is 21.7. The van der Waals surface area contributed by atoms with Gasteiger partial charge in [-0.1, -0.05) is 83.9 Å². The lowest BCUT2D eigenvalue weighted by molar-refractivity contribution is -0.420. The fraction of sp³-hybridized carbons (Fsp3) is 0.231. The smallest absolute Gasteiger partial charge is 0.175 e. The van der Waals surface area contributed by atoms with E-state index in [1.165, 1.54) is 5.56 Å². The Kier molecular flexibility index (Phi) is 7.80. The number of hydrogen-bond acceptors (Lipinski definition) is 4. The van der Waals surface area contributed by atoms with Gasteiger partial charge in [0.25, 0.3) is 0 Å². The molecule has 0 aliphatic heterocycles. The number of carboxylic acid groups (broad SMARTS) is 1. The molecule has 3 N–H and O–H groups in total. The number of fused-ring (bicyclic) bond motifs is 1. The van der Waals surface area contributed by atoms with E-state index in [-0.39, 0.29) is 21.6 Å². The molecule has 0 heterocycles. The first-order valence-corrected chi connectivity index (χ1v) is 11.2. The van der Waals surface area contributed by atoms with E-state index in [1.807, 2.05) is 55.5 Å². The first kappa shape index (κ1) is 24.8. The van der Waals surface area contributed by atoms with Gasteiger partial charge in [0.05, 0.1) is 16.4 Å². The van der Waals surface area contributed by atoms with Crippen molar-refractivity contribution in [3.8, 4) is 5.75 Å². The third kappa shape index (κ3) is 5.38. The van der Waals surface area contributed by atoms with Crippen molar-refractivity contribution in [2.24, 2.45) is 0 Å². The average Bonchev–Trinajstić information content (AvgIpc) is 3.07. The largest absolute Gasteiger partial charge is 0.546 e. The molecule has 3 aromatic rings. The summed E-state index contributed by atoms with van der Waals surface area (Å²) < 4.78 is 5.12. The van der Waals surface area contributed by atoms with E-state index < -0.39 is 18.0 Å². The number of benzene rings is 3. The lowest BCUT2D eigenvalue weighted by Gasteiger charge is -2.22. The Hall–Kier alpha value is -2.86. The van der Waals surface area contributed by atoms with Crippen molar-refractivity contribution in [1.29, 1.82) is 0 Å². The molecule has 172 valence electrons. The third-order valence-electron chi connectivity index (χ3n) is 5.65. The van der Waals surface area contributed by atoms with E-state index in [9.17, 15) is 14.7 Å². The average molecular weight is 486 g/mol. The highest BCUT2D eigenvalue weighted by molar-refractivity contribution is 6.45. The standard InChI is InChI=1S/C18H14Cl2O4.C8H11N/c1-18(11-5-3-2-4-6-11)8-10-7-12(24-9-13(21)22)15(19)16(20)14(10)17(18)23;1-7(9)8-5-3-2-4-6-8/h2-7H,8-9H2,1H3,(H,21,22);2-7H,9H2,1H3/t18-;/m1./s1. The third-order valence-corrected chi connectivity index (χ3v) is 6.50. The molecule has 4 rings (SSSR count). The van der Waals surface area contributed by atoms with Gasteiger partial charge in [0.1, 0.15) is 23.4 Å². The Morgan fingerprint density at radius 3 is 2.18 bits per heavy atom. The quantitative estimate of drug-likeness (QED) is 0.594. The molecular formula is C26H25Cl2NO4. The van der Waals surface area contributed by atoms with Crippen LogP contribution in [0.25, 0.3) is 0 Å². The maximum atomic E-state index is 13.0. The maximum Gasteiger partial charge on any atom is 0.175 e. The molecule has 2 atom stereocenters. The molecule has 1 aliphatic carbocycles. The monoisotopic (exact) mass is 485 g/mol. The summed E-state index contributed by atoms with van der Waals surface area (Å²) in [5.74, 6) is -1.34. The molecule has 33 heavy (non-hydrogen) atoms. The number of Topliss-reactive ketones (excluding diaryl/α,β-unsaturated/α-hetero) is 1. The second-order valence-corrected chi connectivity index (χ2v) is 8.97. The summed E-state index contributed by atoms with van der Waals surface area (Å²) in [4.78, 5) is 23.6. The SMILES string of the molecule is CC([NH3+])c1ccccc1.C[C@]1(c2ccccc2)Cc2cc(OCC(=O)[O-])c(Cl)c(Cl)c2C1=O. The molecule has 0 spiro atoms. The van der Waals surface area contributed by atoms with Crippen LogP contribution in [0, 0.1) is 0 Å². The second kappa shape index (κ2) is 10.4. The van der Waals surface area contributed by atoms with Crippen molar-refractivity contribution in [3.63, 3.8) is 0 Å². The van der Waals surface area contributed by atoms with Crippen LogP contribution in [0.15, 0.2) is 66.7 Å². The minimum Gasteiger partial charge on any atom is -0.546 e. The number of carbonyl (C=O) groups excluding carboxylic acids is 2. The van der Waals surface area contributed by atoms with Crippen LogP contribution in [0.3, 0.4) is 0 Å². The van der Waals surface area contributed by atoms with Crippen LogP contribution in [-0.2, 0) is 16.6 Å². The van der Waals surface area contributed by atoms with Crippen LogP contribution in [0.5, 0.6) is 5.75 Å².